The zero-order chi connectivity index (χ0) is 14.8. The molecule has 8 heteroatoms. The Hall–Kier alpha value is -1.12. The molecule has 0 aliphatic heterocycles. The first-order chi connectivity index (χ1) is 9.29. The molecule has 0 radical (unpaired) electrons. The largest absolute Gasteiger partial charge is 0.416 e. The van der Waals surface area contributed by atoms with Gasteiger partial charge in [-0.1, -0.05) is 12.1 Å². The van der Waals surface area contributed by atoms with E-state index in [1.54, 1.807) is 17.5 Å². The van der Waals surface area contributed by atoms with E-state index in [9.17, 15) is 21.6 Å². The average Bonchev–Trinajstić information content (AvgIpc) is 2.89. The molecule has 0 spiro atoms. The number of hydrogen-bond donors (Lipinski definition) is 1. The quantitative estimate of drug-likeness (QED) is 0.924. The zero-order valence-corrected chi connectivity index (χ0v) is 11.9. The maximum Gasteiger partial charge on any atom is 0.416 e. The lowest BCUT2D eigenvalue weighted by Gasteiger charge is -2.16. The van der Waals surface area contributed by atoms with Crippen LogP contribution in [0.5, 0.6) is 0 Å². The first kappa shape index (κ1) is 15.3. The SMILES string of the molecule is O=S(=O)(NCc1cccs1)C1=CC(C(F)(F)F)=CCC1. The van der Waals surface area contributed by atoms with Crippen molar-refractivity contribution in [3.8, 4) is 0 Å². The molecule has 20 heavy (non-hydrogen) atoms. The molecule has 1 aromatic heterocycles. The van der Waals surface area contributed by atoms with Gasteiger partial charge in [0, 0.05) is 11.4 Å². The van der Waals surface area contributed by atoms with E-state index in [-0.39, 0.29) is 24.3 Å². The highest BCUT2D eigenvalue weighted by atomic mass is 32.2. The molecule has 3 nitrogen and oxygen atoms in total. The molecule has 0 bridgehead atoms. The number of allylic oxidation sites excluding steroid dienone is 4. The van der Waals surface area contributed by atoms with Crippen molar-refractivity contribution in [2.45, 2.75) is 25.6 Å². The number of thiophene rings is 1. The number of hydrogen-bond acceptors (Lipinski definition) is 3. The van der Waals surface area contributed by atoms with Crippen LogP contribution in [0.1, 0.15) is 17.7 Å². The predicted octanol–water partition coefficient (Wildman–Crippen LogP) is 3.33. The van der Waals surface area contributed by atoms with Gasteiger partial charge in [0.1, 0.15) is 0 Å². The monoisotopic (exact) mass is 323 g/mol. The summed E-state index contributed by atoms with van der Waals surface area (Å²) in [5, 5.41) is 1.80. The first-order valence-electron chi connectivity index (χ1n) is 5.79. The molecule has 1 heterocycles. The number of rotatable bonds is 4. The van der Waals surface area contributed by atoms with Crippen molar-refractivity contribution in [3.63, 3.8) is 0 Å². The minimum absolute atomic E-state index is 0.0700. The van der Waals surface area contributed by atoms with Crippen LogP contribution in [0.2, 0.25) is 0 Å². The van der Waals surface area contributed by atoms with Crippen LogP contribution in [0.3, 0.4) is 0 Å². The van der Waals surface area contributed by atoms with Crippen molar-refractivity contribution in [1.29, 1.82) is 0 Å². The van der Waals surface area contributed by atoms with Gasteiger partial charge in [-0.25, -0.2) is 13.1 Å². The van der Waals surface area contributed by atoms with Gasteiger partial charge < -0.3 is 0 Å². The minimum Gasteiger partial charge on any atom is -0.207 e. The van der Waals surface area contributed by atoms with Crippen molar-refractivity contribution < 1.29 is 21.6 Å². The van der Waals surface area contributed by atoms with E-state index in [1.807, 2.05) is 0 Å². The summed E-state index contributed by atoms with van der Waals surface area (Å²) in [6.45, 7) is 0.0857. The predicted molar refractivity (Wildman–Crippen MR) is 71.5 cm³/mol. The van der Waals surface area contributed by atoms with Crippen LogP contribution in [0, 0.1) is 0 Å². The van der Waals surface area contributed by atoms with E-state index >= 15 is 0 Å². The first-order valence-corrected chi connectivity index (χ1v) is 8.15. The van der Waals surface area contributed by atoms with Crippen LogP contribution in [0.15, 0.2) is 40.1 Å². The minimum atomic E-state index is -4.52. The molecule has 0 saturated heterocycles. The molecular weight excluding hydrogens is 311 g/mol. The Morgan fingerprint density at radius 3 is 2.70 bits per heavy atom. The van der Waals surface area contributed by atoms with Gasteiger partial charge in [0.25, 0.3) is 0 Å². The molecule has 2 rings (SSSR count). The Labute approximate surface area is 118 Å². The Balaban J connectivity index is 2.13. The van der Waals surface area contributed by atoms with E-state index < -0.39 is 21.8 Å². The second-order valence-electron chi connectivity index (χ2n) is 4.21. The van der Waals surface area contributed by atoms with Crippen LogP contribution in [-0.4, -0.2) is 14.6 Å². The summed E-state index contributed by atoms with van der Waals surface area (Å²) in [7, 11) is -3.88. The smallest absolute Gasteiger partial charge is 0.207 e. The van der Waals surface area contributed by atoms with Gasteiger partial charge in [-0.2, -0.15) is 13.2 Å². The third-order valence-electron chi connectivity index (χ3n) is 2.76. The lowest BCUT2D eigenvalue weighted by atomic mass is 10.1. The van der Waals surface area contributed by atoms with Crippen LogP contribution >= 0.6 is 11.3 Å². The van der Waals surface area contributed by atoms with Gasteiger partial charge in [0.15, 0.2) is 0 Å². The van der Waals surface area contributed by atoms with E-state index in [1.165, 1.54) is 11.3 Å². The normalized spacial score (nSPS) is 16.8. The topological polar surface area (TPSA) is 46.2 Å². The average molecular weight is 323 g/mol. The van der Waals surface area contributed by atoms with Crippen molar-refractivity contribution in [1.82, 2.24) is 4.72 Å². The van der Waals surface area contributed by atoms with E-state index in [4.69, 9.17) is 0 Å². The molecule has 0 saturated carbocycles. The second-order valence-corrected chi connectivity index (χ2v) is 7.06. The molecule has 0 atom stereocenters. The van der Waals surface area contributed by atoms with Crippen molar-refractivity contribution >= 4 is 21.4 Å². The van der Waals surface area contributed by atoms with Gasteiger partial charge in [-0.05, 0) is 30.4 Å². The highest BCUT2D eigenvalue weighted by Gasteiger charge is 2.34. The third kappa shape index (κ3) is 3.71. The summed E-state index contributed by atoms with van der Waals surface area (Å²) in [5.41, 5.74) is -0.903. The fourth-order valence-electron chi connectivity index (χ4n) is 1.76. The van der Waals surface area contributed by atoms with Crippen LogP contribution < -0.4 is 4.72 Å². The molecule has 1 aliphatic carbocycles. The maximum atomic E-state index is 12.6. The Morgan fingerprint density at radius 2 is 2.10 bits per heavy atom. The summed E-state index contributed by atoms with van der Waals surface area (Å²) in [6, 6.07) is 3.53. The molecule has 1 N–H and O–H groups in total. The molecule has 0 aromatic carbocycles. The van der Waals surface area contributed by atoms with Crippen molar-refractivity contribution in [3.05, 3.63) is 45.0 Å². The molecule has 0 amide bonds. The van der Waals surface area contributed by atoms with Gasteiger partial charge in [-0.3, -0.25) is 0 Å². The van der Waals surface area contributed by atoms with Crippen LogP contribution in [-0.2, 0) is 16.6 Å². The van der Waals surface area contributed by atoms with Crippen molar-refractivity contribution in [2.75, 3.05) is 0 Å². The Kier molecular flexibility index (Phi) is 4.36. The summed E-state index contributed by atoms with van der Waals surface area (Å²) in [6.07, 6.45) is -2.65. The second kappa shape index (κ2) is 5.71. The molecule has 0 unspecified atom stereocenters. The highest BCUT2D eigenvalue weighted by molar-refractivity contribution is 7.93. The fraction of sp³-hybridized carbons (Fsp3) is 0.333. The van der Waals surface area contributed by atoms with Crippen LogP contribution in [0.25, 0.3) is 0 Å². The molecule has 1 aliphatic rings. The molecule has 110 valence electrons. The molecule has 0 fully saturated rings. The van der Waals surface area contributed by atoms with Gasteiger partial charge in [0.2, 0.25) is 10.0 Å². The summed E-state index contributed by atoms with van der Waals surface area (Å²) < 4.78 is 64.0. The summed E-state index contributed by atoms with van der Waals surface area (Å²) in [4.78, 5) is 0.584. The Bertz CT molecular complexity index is 628. The zero-order valence-electron chi connectivity index (χ0n) is 10.3. The number of sulfonamides is 1. The standard InChI is InChI=1S/C12H12F3NO2S2/c13-12(14,15)9-3-1-5-11(7-9)20(17,18)16-8-10-4-2-6-19-10/h2-4,6-7,16H,1,5,8H2. The van der Waals surface area contributed by atoms with E-state index in [0.29, 0.717) is 6.08 Å². The lowest BCUT2D eigenvalue weighted by molar-refractivity contribution is -0.0886. The Morgan fingerprint density at radius 1 is 1.35 bits per heavy atom. The van der Waals surface area contributed by atoms with Crippen molar-refractivity contribution in [2.24, 2.45) is 0 Å². The fourth-order valence-corrected chi connectivity index (χ4v) is 3.69. The van der Waals surface area contributed by atoms with E-state index in [2.05, 4.69) is 4.72 Å². The maximum absolute atomic E-state index is 12.6. The summed E-state index contributed by atoms with van der Waals surface area (Å²) >= 11 is 1.38. The molecular formula is C12H12F3NO2S2. The van der Waals surface area contributed by atoms with E-state index in [0.717, 1.165) is 11.0 Å². The number of halogens is 3. The lowest BCUT2D eigenvalue weighted by Crippen LogP contribution is -2.26. The van der Waals surface area contributed by atoms with Gasteiger partial charge in [-0.15, -0.1) is 11.3 Å². The third-order valence-corrected chi connectivity index (χ3v) is 5.17. The highest BCUT2D eigenvalue weighted by Crippen LogP contribution is 2.32. The van der Waals surface area contributed by atoms with Crippen LogP contribution in [0.4, 0.5) is 13.2 Å². The van der Waals surface area contributed by atoms with Gasteiger partial charge in [0.05, 0.1) is 10.5 Å². The van der Waals surface area contributed by atoms with Gasteiger partial charge >= 0.3 is 6.18 Å². The number of alkyl halides is 3. The number of nitrogens with one attached hydrogen (secondary N) is 1. The molecule has 1 aromatic rings. The summed E-state index contributed by atoms with van der Waals surface area (Å²) in [5.74, 6) is 0.